The van der Waals surface area contributed by atoms with Gasteiger partial charge in [-0.2, -0.15) is 4.68 Å². The number of para-hydroxylation sites is 1. The molecule has 130 valence electrons. The summed E-state index contributed by atoms with van der Waals surface area (Å²) in [6.45, 7) is 1.74. The second-order valence-corrected chi connectivity index (χ2v) is 5.85. The summed E-state index contributed by atoms with van der Waals surface area (Å²) in [4.78, 5) is 13.0. The lowest BCUT2D eigenvalue weighted by molar-refractivity contribution is -0.113. The molecule has 0 saturated heterocycles. The number of nitrogens with zero attached hydrogens (tertiary/aromatic N) is 4. The van der Waals surface area contributed by atoms with Gasteiger partial charge in [0.05, 0.1) is 5.57 Å². The molecule has 1 amide bonds. The summed E-state index contributed by atoms with van der Waals surface area (Å²) in [5, 5.41) is 17.3. The van der Waals surface area contributed by atoms with Gasteiger partial charge in [0.2, 0.25) is 5.95 Å². The number of fused-ring (bicyclic) bond motifs is 1. The molecule has 0 spiro atoms. The molecular weight excluding hydrogens is 335 g/mol. The number of halogens is 1. The standard InChI is InChI=1S/C18H15FN6O/c1-11-15(17(26)21-12-7-3-2-4-8-12)16(13-9-5-6-10-14(13)19)25-18(20-11)22-23-24-25/h2-10,16H,1H3,(H,21,26)(H,20,22,24). The fourth-order valence-electron chi connectivity index (χ4n) is 3.01. The molecular formula is C18H15FN6O. The van der Waals surface area contributed by atoms with Crippen LogP contribution in [0.25, 0.3) is 0 Å². The fourth-order valence-corrected chi connectivity index (χ4v) is 3.01. The molecule has 1 aliphatic rings. The third kappa shape index (κ3) is 2.71. The summed E-state index contributed by atoms with van der Waals surface area (Å²) < 4.78 is 15.9. The Balaban J connectivity index is 1.80. The Kier molecular flexibility index (Phi) is 3.92. The lowest BCUT2D eigenvalue weighted by atomic mass is 9.94. The van der Waals surface area contributed by atoms with Crippen LogP contribution in [0.5, 0.6) is 0 Å². The molecule has 0 bridgehead atoms. The van der Waals surface area contributed by atoms with E-state index in [1.807, 2.05) is 18.2 Å². The third-order valence-electron chi connectivity index (χ3n) is 4.19. The number of nitrogens with one attached hydrogen (secondary N) is 2. The first-order valence-electron chi connectivity index (χ1n) is 8.01. The number of benzene rings is 2. The topological polar surface area (TPSA) is 84.7 Å². The SMILES string of the molecule is CC1=C(C(=O)Nc2ccccc2)C(c2ccccc2F)n2nnnc2N1. The summed E-state index contributed by atoms with van der Waals surface area (Å²) >= 11 is 0. The Morgan fingerprint density at radius 1 is 1.15 bits per heavy atom. The van der Waals surface area contributed by atoms with Crippen LogP contribution in [0.2, 0.25) is 0 Å². The van der Waals surface area contributed by atoms with E-state index in [9.17, 15) is 9.18 Å². The van der Waals surface area contributed by atoms with Crippen LogP contribution in [0.15, 0.2) is 65.9 Å². The molecule has 0 aliphatic carbocycles. The Hall–Kier alpha value is -3.55. The number of allylic oxidation sites excluding steroid dienone is 1. The number of anilines is 2. The van der Waals surface area contributed by atoms with Crippen molar-refractivity contribution >= 4 is 17.5 Å². The number of hydrogen-bond donors (Lipinski definition) is 2. The summed E-state index contributed by atoms with van der Waals surface area (Å²) in [6, 6.07) is 14.6. The van der Waals surface area contributed by atoms with E-state index in [0.29, 0.717) is 28.5 Å². The van der Waals surface area contributed by atoms with Gasteiger partial charge in [0, 0.05) is 16.9 Å². The Labute approximate surface area is 148 Å². The van der Waals surface area contributed by atoms with Crippen molar-refractivity contribution < 1.29 is 9.18 Å². The minimum Gasteiger partial charge on any atom is -0.326 e. The van der Waals surface area contributed by atoms with Gasteiger partial charge in [-0.05, 0) is 35.5 Å². The molecule has 1 aromatic heterocycles. The summed E-state index contributed by atoms with van der Waals surface area (Å²) in [5.74, 6) is -0.429. The maximum Gasteiger partial charge on any atom is 0.255 e. The molecule has 1 aliphatic heterocycles. The van der Waals surface area contributed by atoms with Crippen LogP contribution in [0.1, 0.15) is 18.5 Å². The first kappa shape index (κ1) is 15.9. The van der Waals surface area contributed by atoms with E-state index in [2.05, 4.69) is 26.2 Å². The maximum atomic E-state index is 14.5. The van der Waals surface area contributed by atoms with Gasteiger partial charge in [0.25, 0.3) is 5.91 Å². The summed E-state index contributed by atoms with van der Waals surface area (Å²) in [7, 11) is 0. The van der Waals surface area contributed by atoms with Gasteiger partial charge in [-0.25, -0.2) is 4.39 Å². The van der Waals surface area contributed by atoms with Crippen molar-refractivity contribution in [1.82, 2.24) is 20.2 Å². The zero-order chi connectivity index (χ0) is 18.1. The van der Waals surface area contributed by atoms with Gasteiger partial charge in [0.15, 0.2) is 0 Å². The van der Waals surface area contributed by atoms with Crippen LogP contribution in [0.4, 0.5) is 16.0 Å². The number of hydrogen-bond acceptors (Lipinski definition) is 5. The van der Waals surface area contributed by atoms with E-state index in [1.165, 1.54) is 10.7 Å². The zero-order valence-corrected chi connectivity index (χ0v) is 13.8. The van der Waals surface area contributed by atoms with Crippen molar-refractivity contribution in [2.24, 2.45) is 0 Å². The minimum absolute atomic E-state index is 0.320. The second kappa shape index (κ2) is 6.40. The first-order chi connectivity index (χ1) is 12.6. The molecule has 1 unspecified atom stereocenters. The largest absolute Gasteiger partial charge is 0.326 e. The maximum absolute atomic E-state index is 14.5. The van der Waals surface area contributed by atoms with E-state index in [0.717, 1.165) is 0 Å². The van der Waals surface area contributed by atoms with E-state index >= 15 is 0 Å². The molecule has 0 saturated carbocycles. The van der Waals surface area contributed by atoms with Gasteiger partial charge >= 0.3 is 0 Å². The van der Waals surface area contributed by atoms with Gasteiger partial charge in [-0.15, -0.1) is 0 Å². The lowest BCUT2D eigenvalue weighted by Crippen LogP contribution is -2.32. The van der Waals surface area contributed by atoms with Crippen molar-refractivity contribution in [1.29, 1.82) is 0 Å². The number of carbonyl (C=O) groups excluding carboxylic acids is 1. The molecule has 2 N–H and O–H groups in total. The molecule has 2 aromatic carbocycles. The summed E-state index contributed by atoms with van der Waals surface area (Å²) in [5.41, 5.74) is 1.88. The number of carbonyl (C=O) groups is 1. The number of rotatable bonds is 3. The molecule has 0 fully saturated rings. The molecule has 2 heterocycles. The Morgan fingerprint density at radius 2 is 1.88 bits per heavy atom. The lowest BCUT2D eigenvalue weighted by Gasteiger charge is -2.28. The minimum atomic E-state index is -0.772. The Bertz CT molecular complexity index is 998. The van der Waals surface area contributed by atoms with Crippen molar-refractivity contribution in [3.05, 3.63) is 77.2 Å². The molecule has 4 rings (SSSR count). The van der Waals surface area contributed by atoms with Crippen LogP contribution in [-0.4, -0.2) is 26.1 Å². The molecule has 0 radical (unpaired) electrons. The number of amides is 1. The zero-order valence-electron chi connectivity index (χ0n) is 13.8. The van der Waals surface area contributed by atoms with Gasteiger partial charge in [-0.3, -0.25) is 4.79 Å². The average molecular weight is 350 g/mol. The monoisotopic (exact) mass is 350 g/mol. The predicted molar refractivity (Wildman–Crippen MR) is 93.8 cm³/mol. The highest BCUT2D eigenvalue weighted by atomic mass is 19.1. The van der Waals surface area contributed by atoms with Gasteiger partial charge < -0.3 is 10.6 Å². The van der Waals surface area contributed by atoms with E-state index in [-0.39, 0.29) is 5.91 Å². The van der Waals surface area contributed by atoms with Crippen LogP contribution in [0, 0.1) is 5.82 Å². The van der Waals surface area contributed by atoms with E-state index < -0.39 is 11.9 Å². The van der Waals surface area contributed by atoms with Crippen LogP contribution in [0.3, 0.4) is 0 Å². The highest BCUT2D eigenvalue weighted by Crippen LogP contribution is 2.35. The normalized spacial score (nSPS) is 16.0. The first-order valence-corrected chi connectivity index (χ1v) is 8.01. The highest BCUT2D eigenvalue weighted by Gasteiger charge is 2.35. The molecule has 1 atom stereocenters. The average Bonchev–Trinajstić information content (AvgIpc) is 3.10. The van der Waals surface area contributed by atoms with Crippen molar-refractivity contribution in [2.75, 3.05) is 10.6 Å². The van der Waals surface area contributed by atoms with Crippen LogP contribution >= 0.6 is 0 Å². The van der Waals surface area contributed by atoms with Crippen molar-refractivity contribution in [3.63, 3.8) is 0 Å². The van der Waals surface area contributed by atoms with Crippen molar-refractivity contribution in [2.45, 2.75) is 13.0 Å². The quantitative estimate of drug-likeness (QED) is 0.759. The van der Waals surface area contributed by atoms with Gasteiger partial charge in [0.1, 0.15) is 11.9 Å². The highest BCUT2D eigenvalue weighted by molar-refractivity contribution is 6.06. The summed E-state index contributed by atoms with van der Waals surface area (Å²) in [6.07, 6.45) is 0. The van der Waals surface area contributed by atoms with Crippen LogP contribution in [-0.2, 0) is 4.79 Å². The van der Waals surface area contributed by atoms with Crippen LogP contribution < -0.4 is 10.6 Å². The Morgan fingerprint density at radius 3 is 2.65 bits per heavy atom. The third-order valence-corrected chi connectivity index (χ3v) is 4.19. The van der Waals surface area contributed by atoms with E-state index in [1.54, 1.807) is 37.3 Å². The van der Waals surface area contributed by atoms with Gasteiger partial charge in [-0.1, -0.05) is 41.5 Å². The smallest absolute Gasteiger partial charge is 0.255 e. The molecule has 8 heteroatoms. The molecule has 3 aromatic rings. The molecule has 7 nitrogen and oxygen atoms in total. The number of aromatic nitrogens is 4. The predicted octanol–water partition coefficient (Wildman–Crippen LogP) is 2.74. The fraction of sp³-hybridized carbons (Fsp3) is 0.111. The van der Waals surface area contributed by atoms with E-state index in [4.69, 9.17) is 0 Å². The second-order valence-electron chi connectivity index (χ2n) is 5.85. The van der Waals surface area contributed by atoms with Crippen molar-refractivity contribution in [3.8, 4) is 0 Å². The number of tetrazole rings is 1. The molecule has 26 heavy (non-hydrogen) atoms.